The van der Waals surface area contributed by atoms with Crippen LogP contribution in [0.4, 0.5) is 24.8 Å². The maximum absolute atomic E-state index is 12.7. The summed E-state index contributed by atoms with van der Waals surface area (Å²) >= 11 is 0. The molecule has 0 fully saturated rings. The molecule has 23 heavy (non-hydrogen) atoms. The first-order valence-electron chi connectivity index (χ1n) is 6.39. The zero-order valence-electron chi connectivity index (χ0n) is 11.4. The van der Waals surface area contributed by atoms with Gasteiger partial charge in [0.25, 0.3) is 11.8 Å². The molecule has 118 valence electrons. The van der Waals surface area contributed by atoms with E-state index in [0.717, 1.165) is 12.1 Å². The third kappa shape index (κ3) is 3.39. The molecule has 0 atom stereocenters. The molecule has 0 radical (unpaired) electrons. The minimum absolute atomic E-state index is 0.0143. The SMILES string of the molecule is O=c1cc(-c2nc(Nc3cccc(C(F)(F)F)c3)no2)cc[nH]1. The molecule has 1 aromatic carbocycles. The topological polar surface area (TPSA) is 83.8 Å². The van der Waals surface area contributed by atoms with Crippen LogP contribution >= 0.6 is 0 Å². The molecule has 0 aliphatic carbocycles. The molecule has 0 unspecified atom stereocenters. The van der Waals surface area contributed by atoms with Crippen LogP contribution in [-0.4, -0.2) is 15.1 Å². The van der Waals surface area contributed by atoms with E-state index in [2.05, 4.69) is 20.4 Å². The fraction of sp³-hybridized carbons (Fsp3) is 0.0714. The molecule has 6 nitrogen and oxygen atoms in total. The number of benzene rings is 1. The van der Waals surface area contributed by atoms with Crippen molar-refractivity contribution in [3.8, 4) is 11.5 Å². The lowest BCUT2D eigenvalue weighted by atomic mass is 10.2. The van der Waals surface area contributed by atoms with Crippen molar-refractivity contribution in [3.63, 3.8) is 0 Å². The van der Waals surface area contributed by atoms with Crippen molar-refractivity contribution in [2.24, 2.45) is 0 Å². The Morgan fingerprint density at radius 2 is 2.00 bits per heavy atom. The summed E-state index contributed by atoms with van der Waals surface area (Å²) in [6, 6.07) is 7.43. The molecule has 0 bridgehead atoms. The van der Waals surface area contributed by atoms with Gasteiger partial charge in [0.05, 0.1) is 5.56 Å². The van der Waals surface area contributed by atoms with Crippen LogP contribution in [0.5, 0.6) is 0 Å². The second-order valence-electron chi connectivity index (χ2n) is 4.57. The molecular weight excluding hydrogens is 313 g/mol. The number of halogens is 3. The van der Waals surface area contributed by atoms with Gasteiger partial charge in [-0.2, -0.15) is 18.2 Å². The van der Waals surface area contributed by atoms with Crippen LogP contribution in [0, 0.1) is 0 Å². The third-order valence-electron chi connectivity index (χ3n) is 2.89. The van der Waals surface area contributed by atoms with Gasteiger partial charge in [0, 0.05) is 23.5 Å². The molecule has 0 aliphatic heterocycles. The van der Waals surface area contributed by atoms with E-state index in [9.17, 15) is 18.0 Å². The Kier molecular flexibility index (Phi) is 3.61. The van der Waals surface area contributed by atoms with Crippen molar-refractivity contribution in [2.75, 3.05) is 5.32 Å². The number of pyridine rings is 1. The lowest BCUT2D eigenvalue weighted by Gasteiger charge is -2.08. The lowest BCUT2D eigenvalue weighted by Crippen LogP contribution is -2.05. The van der Waals surface area contributed by atoms with E-state index in [-0.39, 0.29) is 23.1 Å². The third-order valence-corrected chi connectivity index (χ3v) is 2.89. The summed E-state index contributed by atoms with van der Waals surface area (Å²) in [6.07, 6.45) is -3.02. The molecule has 0 saturated carbocycles. The molecule has 2 N–H and O–H groups in total. The minimum Gasteiger partial charge on any atom is -0.332 e. The predicted octanol–water partition coefficient (Wildman–Crippen LogP) is 3.19. The Morgan fingerprint density at radius 3 is 2.74 bits per heavy atom. The van der Waals surface area contributed by atoms with Crippen molar-refractivity contribution in [2.45, 2.75) is 6.18 Å². The summed E-state index contributed by atoms with van der Waals surface area (Å²) in [6.45, 7) is 0. The predicted molar refractivity (Wildman–Crippen MR) is 75.1 cm³/mol. The van der Waals surface area contributed by atoms with Crippen LogP contribution in [0.1, 0.15) is 5.56 Å². The van der Waals surface area contributed by atoms with E-state index in [1.165, 1.54) is 24.4 Å². The molecule has 2 heterocycles. The Bertz CT molecular complexity index is 886. The van der Waals surface area contributed by atoms with Gasteiger partial charge in [-0.3, -0.25) is 4.79 Å². The van der Waals surface area contributed by atoms with Gasteiger partial charge < -0.3 is 14.8 Å². The van der Waals surface area contributed by atoms with Crippen molar-refractivity contribution in [1.82, 2.24) is 15.1 Å². The number of H-pyrrole nitrogens is 1. The highest BCUT2D eigenvalue weighted by molar-refractivity contribution is 5.58. The Balaban J connectivity index is 1.84. The standard InChI is InChI=1S/C14H9F3N4O2/c15-14(16,17)9-2-1-3-10(7-9)19-13-20-12(23-21-13)8-4-5-18-11(22)6-8/h1-7H,(H,18,22)(H,19,21). The number of anilines is 2. The van der Waals surface area contributed by atoms with E-state index in [1.807, 2.05) is 0 Å². The van der Waals surface area contributed by atoms with Crippen LogP contribution in [-0.2, 0) is 6.18 Å². The fourth-order valence-electron chi connectivity index (χ4n) is 1.87. The highest BCUT2D eigenvalue weighted by Crippen LogP contribution is 2.31. The quantitative estimate of drug-likeness (QED) is 0.774. The molecule has 9 heteroatoms. The van der Waals surface area contributed by atoms with E-state index in [1.54, 1.807) is 6.07 Å². The zero-order chi connectivity index (χ0) is 16.4. The summed E-state index contributed by atoms with van der Waals surface area (Å²) < 4.78 is 43.0. The van der Waals surface area contributed by atoms with E-state index in [0.29, 0.717) is 5.56 Å². The van der Waals surface area contributed by atoms with Crippen LogP contribution in [0.15, 0.2) is 51.9 Å². The first-order valence-corrected chi connectivity index (χ1v) is 6.39. The largest absolute Gasteiger partial charge is 0.416 e. The summed E-state index contributed by atoms with van der Waals surface area (Å²) in [4.78, 5) is 17.7. The van der Waals surface area contributed by atoms with Gasteiger partial charge >= 0.3 is 6.18 Å². The number of nitrogens with one attached hydrogen (secondary N) is 2. The average molecular weight is 322 g/mol. The first kappa shape index (κ1) is 14.8. The monoisotopic (exact) mass is 322 g/mol. The van der Waals surface area contributed by atoms with Gasteiger partial charge in [-0.15, -0.1) is 0 Å². The highest BCUT2D eigenvalue weighted by atomic mass is 19.4. The number of hydrogen-bond acceptors (Lipinski definition) is 5. The van der Waals surface area contributed by atoms with Gasteiger partial charge in [-0.25, -0.2) is 0 Å². The van der Waals surface area contributed by atoms with E-state index < -0.39 is 11.7 Å². The van der Waals surface area contributed by atoms with Crippen LogP contribution in [0.2, 0.25) is 0 Å². The molecule has 0 saturated heterocycles. The molecule has 3 rings (SSSR count). The summed E-state index contributed by atoms with van der Waals surface area (Å²) in [7, 11) is 0. The van der Waals surface area contributed by atoms with Crippen molar-refractivity contribution < 1.29 is 17.7 Å². The molecule has 0 amide bonds. The van der Waals surface area contributed by atoms with Gasteiger partial charge in [-0.05, 0) is 29.4 Å². The summed E-state index contributed by atoms with van der Waals surface area (Å²) in [5.74, 6) is 0.0604. The minimum atomic E-state index is -4.44. The second kappa shape index (κ2) is 5.59. The Hall–Kier alpha value is -3.10. The van der Waals surface area contributed by atoms with Crippen LogP contribution in [0.3, 0.4) is 0 Å². The smallest absolute Gasteiger partial charge is 0.332 e. The normalized spacial score (nSPS) is 11.4. The number of aromatic amines is 1. The zero-order valence-corrected chi connectivity index (χ0v) is 11.4. The Labute approximate surface area is 127 Å². The number of hydrogen-bond donors (Lipinski definition) is 2. The maximum Gasteiger partial charge on any atom is 0.416 e. The van der Waals surface area contributed by atoms with Crippen molar-refractivity contribution in [1.29, 1.82) is 0 Å². The second-order valence-corrected chi connectivity index (χ2v) is 4.57. The van der Waals surface area contributed by atoms with Crippen molar-refractivity contribution in [3.05, 3.63) is 58.5 Å². The van der Waals surface area contributed by atoms with Crippen LogP contribution < -0.4 is 10.9 Å². The van der Waals surface area contributed by atoms with Crippen molar-refractivity contribution >= 4 is 11.6 Å². The van der Waals surface area contributed by atoms with Gasteiger partial charge in [0.15, 0.2) is 0 Å². The van der Waals surface area contributed by atoms with Crippen LogP contribution in [0.25, 0.3) is 11.5 Å². The summed E-state index contributed by atoms with van der Waals surface area (Å²) in [5, 5.41) is 6.24. The fourth-order valence-corrected chi connectivity index (χ4v) is 1.87. The molecule has 3 aromatic rings. The number of aromatic nitrogens is 3. The van der Waals surface area contributed by atoms with Gasteiger partial charge in [-0.1, -0.05) is 6.07 Å². The molecule has 2 aromatic heterocycles. The number of rotatable bonds is 3. The van der Waals surface area contributed by atoms with E-state index >= 15 is 0 Å². The maximum atomic E-state index is 12.7. The Morgan fingerprint density at radius 1 is 1.17 bits per heavy atom. The molecule has 0 aliphatic rings. The van der Waals surface area contributed by atoms with Gasteiger partial charge in [0.2, 0.25) is 5.56 Å². The first-order chi connectivity index (χ1) is 10.9. The average Bonchev–Trinajstić information content (AvgIpc) is 2.95. The number of nitrogens with zero attached hydrogens (tertiary/aromatic N) is 2. The van der Waals surface area contributed by atoms with Gasteiger partial charge in [0.1, 0.15) is 0 Å². The molecular formula is C14H9F3N4O2. The lowest BCUT2D eigenvalue weighted by molar-refractivity contribution is -0.137. The highest BCUT2D eigenvalue weighted by Gasteiger charge is 2.30. The number of alkyl halides is 3. The summed E-state index contributed by atoms with van der Waals surface area (Å²) in [5.41, 5.74) is -0.565. The van der Waals surface area contributed by atoms with E-state index in [4.69, 9.17) is 4.52 Å². The molecule has 0 spiro atoms.